The van der Waals surface area contributed by atoms with Gasteiger partial charge in [-0.3, -0.25) is 9.59 Å². The molecule has 1 aliphatic carbocycles. The van der Waals surface area contributed by atoms with Gasteiger partial charge in [-0.25, -0.2) is 0 Å². The highest BCUT2D eigenvalue weighted by Gasteiger charge is 2.40. The van der Waals surface area contributed by atoms with Gasteiger partial charge in [0, 0.05) is 18.0 Å². The minimum Gasteiger partial charge on any atom is -0.332 e. The van der Waals surface area contributed by atoms with Crippen molar-refractivity contribution >= 4 is 11.7 Å². The number of Topliss-reactive ketones (excluding diaryl/α,β-unsaturated/α-hetero) is 1. The Hall–Kier alpha value is -1.64. The summed E-state index contributed by atoms with van der Waals surface area (Å²) in [5.41, 5.74) is 1.87. The zero-order valence-corrected chi connectivity index (χ0v) is 11.3. The smallest absolute Gasteiger partial charge is 0.226 e. The predicted octanol–water partition coefficient (Wildman–Crippen LogP) is 2.58. The monoisotopic (exact) mass is 257 g/mol. The molecular formula is C16H19NO2. The van der Waals surface area contributed by atoms with Crippen LogP contribution >= 0.6 is 0 Å². The van der Waals surface area contributed by atoms with Crippen LogP contribution in [0.3, 0.4) is 0 Å². The SMILES string of the molecule is Cc1ccc(C(=O)C2CCCN2C(=O)C2CC2)cc1. The Labute approximate surface area is 113 Å². The fourth-order valence-corrected chi connectivity index (χ4v) is 2.78. The maximum absolute atomic E-state index is 12.5. The van der Waals surface area contributed by atoms with Crippen LogP contribution in [-0.2, 0) is 4.79 Å². The molecule has 1 amide bonds. The minimum atomic E-state index is -0.226. The van der Waals surface area contributed by atoms with Crippen LogP contribution in [0.2, 0.25) is 0 Å². The van der Waals surface area contributed by atoms with Gasteiger partial charge in [-0.1, -0.05) is 29.8 Å². The van der Waals surface area contributed by atoms with Crippen LogP contribution in [0.5, 0.6) is 0 Å². The average molecular weight is 257 g/mol. The second-order valence-electron chi connectivity index (χ2n) is 5.69. The lowest BCUT2D eigenvalue weighted by Gasteiger charge is -2.23. The highest BCUT2D eigenvalue weighted by molar-refractivity contribution is 6.02. The van der Waals surface area contributed by atoms with Crippen LogP contribution in [0.15, 0.2) is 24.3 Å². The summed E-state index contributed by atoms with van der Waals surface area (Å²) in [4.78, 5) is 26.5. The topological polar surface area (TPSA) is 37.4 Å². The summed E-state index contributed by atoms with van der Waals surface area (Å²) in [5.74, 6) is 0.501. The summed E-state index contributed by atoms with van der Waals surface area (Å²) in [5, 5.41) is 0. The van der Waals surface area contributed by atoms with E-state index < -0.39 is 0 Å². The Bertz CT molecular complexity index is 502. The third-order valence-electron chi connectivity index (χ3n) is 4.10. The number of aryl methyl sites for hydroxylation is 1. The zero-order chi connectivity index (χ0) is 13.4. The first-order valence-electron chi connectivity index (χ1n) is 7.08. The number of nitrogens with zero attached hydrogens (tertiary/aromatic N) is 1. The zero-order valence-electron chi connectivity index (χ0n) is 11.3. The van der Waals surface area contributed by atoms with E-state index in [-0.39, 0.29) is 23.7 Å². The van der Waals surface area contributed by atoms with Crippen molar-refractivity contribution in [2.45, 2.75) is 38.6 Å². The molecule has 1 atom stereocenters. The Balaban J connectivity index is 1.78. The molecule has 0 aromatic heterocycles. The number of carbonyl (C=O) groups excluding carboxylic acids is 2. The molecule has 1 heterocycles. The minimum absolute atomic E-state index is 0.103. The van der Waals surface area contributed by atoms with Crippen molar-refractivity contribution in [2.75, 3.05) is 6.54 Å². The van der Waals surface area contributed by atoms with E-state index in [0.717, 1.165) is 43.4 Å². The molecule has 1 aromatic carbocycles. The van der Waals surface area contributed by atoms with Crippen molar-refractivity contribution in [2.24, 2.45) is 5.92 Å². The molecule has 2 aliphatic rings. The molecule has 3 rings (SSSR count). The normalized spacial score (nSPS) is 22.6. The van der Waals surface area contributed by atoms with Gasteiger partial charge in [0.2, 0.25) is 5.91 Å². The van der Waals surface area contributed by atoms with Crippen LogP contribution in [0.1, 0.15) is 41.6 Å². The lowest BCUT2D eigenvalue weighted by molar-refractivity contribution is -0.132. The molecule has 1 unspecified atom stereocenters. The van der Waals surface area contributed by atoms with E-state index in [2.05, 4.69) is 0 Å². The molecule has 0 spiro atoms. The van der Waals surface area contributed by atoms with Crippen LogP contribution in [-0.4, -0.2) is 29.2 Å². The fraction of sp³-hybridized carbons (Fsp3) is 0.500. The summed E-state index contributed by atoms with van der Waals surface area (Å²) < 4.78 is 0. The van der Waals surface area contributed by atoms with Crippen molar-refractivity contribution in [1.29, 1.82) is 0 Å². The quantitative estimate of drug-likeness (QED) is 0.780. The number of ketones is 1. The molecule has 1 saturated carbocycles. The van der Waals surface area contributed by atoms with Gasteiger partial charge in [0.05, 0.1) is 6.04 Å². The van der Waals surface area contributed by atoms with E-state index in [1.807, 2.05) is 36.1 Å². The molecule has 0 radical (unpaired) electrons. The van der Waals surface area contributed by atoms with Crippen molar-refractivity contribution in [3.05, 3.63) is 35.4 Å². The van der Waals surface area contributed by atoms with Gasteiger partial charge in [-0.2, -0.15) is 0 Å². The summed E-state index contributed by atoms with van der Waals surface area (Å²) in [7, 11) is 0. The predicted molar refractivity (Wildman–Crippen MR) is 73.0 cm³/mol. The molecule has 100 valence electrons. The summed E-state index contributed by atoms with van der Waals surface area (Å²) >= 11 is 0. The van der Waals surface area contributed by atoms with Crippen molar-refractivity contribution in [1.82, 2.24) is 4.90 Å². The molecule has 1 saturated heterocycles. The number of likely N-dealkylation sites (tertiary alicyclic amines) is 1. The van der Waals surface area contributed by atoms with E-state index in [9.17, 15) is 9.59 Å². The molecule has 0 N–H and O–H groups in total. The van der Waals surface area contributed by atoms with E-state index in [0.29, 0.717) is 0 Å². The Morgan fingerprint density at radius 1 is 1.11 bits per heavy atom. The van der Waals surface area contributed by atoms with Gasteiger partial charge in [-0.15, -0.1) is 0 Å². The van der Waals surface area contributed by atoms with E-state index in [4.69, 9.17) is 0 Å². The lowest BCUT2D eigenvalue weighted by Crippen LogP contribution is -2.41. The third kappa shape index (κ3) is 2.42. The Morgan fingerprint density at radius 3 is 2.42 bits per heavy atom. The maximum Gasteiger partial charge on any atom is 0.226 e. The molecule has 0 bridgehead atoms. The van der Waals surface area contributed by atoms with E-state index in [1.54, 1.807) is 0 Å². The molecular weight excluding hydrogens is 238 g/mol. The standard InChI is InChI=1S/C16H19NO2/c1-11-4-6-12(7-5-11)15(18)14-3-2-10-17(14)16(19)13-8-9-13/h4-7,13-14H,2-3,8-10H2,1H3. The second-order valence-corrected chi connectivity index (χ2v) is 5.69. The maximum atomic E-state index is 12.5. The van der Waals surface area contributed by atoms with Gasteiger partial charge < -0.3 is 4.90 Å². The highest BCUT2D eigenvalue weighted by atomic mass is 16.2. The first kappa shape index (κ1) is 12.4. The van der Waals surface area contributed by atoms with E-state index in [1.165, 1.54) is 0 Å². The van der Waals surface area contributed by atoms with Crippen molar-refractivity contribution < 1.29 is 9.59 Å². The molecule has 1 aliphatic heterocycles. The number of rotatable bonds is 3. The molecule has 2 fully saturated rings. The average Bonchev–Trinajstić information content (AvgIpc) is 3.15. The van der Waals surface area contributed by atoms with Gasteiger partial charge in [0.25, 0.3) is 0 Å². The summed E-state index contributed by atoms with van der Waals surface area (Å²) in [6.07, 6.45) is 3.76. The van der Waals surface area contributed by atoms with Crippen molar-refractivity contribution in [3.63, 3.8) is 0 Å². The highest BCUT2D eigenvalue weighted by Crippen LogP contribution is 2.34. The largest absolute Gasteiger partial charge is 0.332 e. The molecule has 3 heteroatoms. The molecule has 1 aromatic rings. The van der Waals surface area contributed by atoms with Crippen LogP contribution in [0.25, 0.3) is 0 Å². The van der Waals surface area contributed by atoms with Crippen LogP contribution in [0, 0.1) is 12.8 Å². The van der Waals surface area contributed by atoms with Gasteiger partial charge in [-0.05, 0) is 32.6 Å². The molecule has 19 heavy (non-hydrogen) atoms. The number of benzene rings is 1. The first-order chi connectivity index (χ1) is 9.16. The summed E-state index contributed by atoms with van der Waals surface area (Å²) in [6.45, 7) is 2.75. The number of amides is 1. The summed E-state index contributed by atoms with van der Waals surface area (Å²) in [6, 6.07) is 7.42. The first-order valence-corrected chi connectivity index (χ1v) is 7.08. The molecule has 3 nitrogen and oxygen atoms in total. The Kier molecular flexibility index (Phi) is 3.13. The van der Waals surface area contributed by atoms with Crippen molar-refractivity contribution in [3.8, 4) is 0 Å². The number of hydrogen-bond donors (Lipinski definition) is 0. The Morgan fingerprint density at radius 2 is 1.79 bits per heavy atom. The van der Waals surface area contributed by atoms with Crippen LogP contribution in [0.4, 0.5) is 0 Å². The fourth-order valence-electron chi connectivity index (χ4n) is 2.78. The van der Waals surface area contributed by atoms with E-state index >= 15 is 0 Å². The number of hydrogen-bond acceptors (Lipinski definition) is 2. The lowest BCUT2D eigenvalue weighted by atomic mass is 10.0. The second kappa shape index (κ2) is 4.80. The van der Waals surface area contributed by atoms with Gasteiger partial charge in [0.1, 0.15) is 0 Å². The van der Waals surface area contributed by atoms with Gasteiger partial charge in [0.15, 0.2) is 5.78 Å². The third-order valence-corrected chi connectivity index (χ3v) is 4.10. The van der Waals surface area contributed by atoms with Gasteiger partial charge >= 0.3 is 0 Å². The number of carbonyl (C=O) groups is 2. The van der Waals surface area contributed by atoms with Crippen LogP contribution < -0.4 is 0 Å².